The number of sulfone groups is 2. The minimum Gasteiger partial charge on any atom is -0.327 e. The molecule has 7 heteroatoms. The molecular weight excluding hydrogens is 214 g/mol. The summed E-state index contributed by atoms with van der Waals surface area (Å²) in [5.74, 6) is -0.230. The Kier molecular flexibility index (Phi) is 4.34. The Bertz CT molecular complexity index is 343. The van der Waals surface area contributed by atoms with Gasteiger partial charge in [0.25, 0.3) is 0 Å². The van der Waals surface area contributed by atoms with Crippen molar-refractivity contribution < 1.29 is 16.8 Å². The summed E-state index contributed by atoms with van der Waals surface area (Å²) in [6, 6.07) is -0.593. The summed E-state index contributed by atoms with van der Waals surface area (Å²) in [4.78, 5) is 0. The second-order valence-electron chi connectivity index (χ2n) is 3.27. The third-order valence-corrected chi connectivity index (χ3v) is 3.39. The fourth-order valence-corrected chi connectivity index (χ4v) is 2.51. The second-order valence-corrected chi connectivity index (χ2v) is 7.72. The number of hydrogen-bond acceptors (Lipinski definition) is 5. The molecule has 0 heterocycles. The highest BCUT2D eigenvalue weighted by atomic mass is 32.2. The molecule has 0 aromatic rings. The van der Waals surface area contributed by atoms with E-state index < -0.39 is 25.7 Å². The van der Waals surface area contributed by atoms with Crippen molar-refractivity contribution in [1.29, 1.82) is 0 Å². The van der Waals surface area contributed by atoms with Crippen LogP contribution in [0.4, 0.5) is 0 Å². The molecule has 0 rings (SSSR count). The van der Waals surface area contributed by atoms with Gasteiger partial charge < -0.3 is 5.73 Å². The van der Waals surface area contributed by atoms with Crippen LogP contribution in [0.3, 0.4) is 0 Å². The Hall–Kier alpha value is -0.140. The summed E-state index contributed by atoms with van der Waals surface area (Å²) in [6.45, 7) is 0. The lowest BCUT2D eigenvalue weighted by Crippen LogP contribution is -2.31. The lowest BCUT2D eigenvalue weighted by atomic mass is 10.3. The van der Waals surface area contributed by atoms with Gasteiger partial charge in [0.15, 0.2) is 0 Å². The molecule has 0 aromatic heterocycles. The van der Waals surface area contributed by atoms with Crippen molar-refractivity contribution in [2.24, 2.45) is 5.73 Å². The van der Waals surface area contributed by atoms with Crippen molar-refractivity contribution in [3.63, 3.8) is 0 Å². The van der Waals surface area contributed by atoms with E-state index >= 15 is 0 Å². The number of rotatable bonds is 5. The van der Waals surface area contributed by atoms with E-state index in [1.165, 1.54) is 0 Å². The molecule has 0 aromatic carbocycles. The number of hydrogen-bond donors (Lipinski definition) is 1. The van der Waals surface area contributed by atoms with Crippen LogP contribution in [0.15, 0.2) is 0 Å². The van der Waals surface area contributed by atoms with Gasteiger partial charge in [-0.25, -0.2) is 16.8 Å². The largest absolute Gasteiger partial charge is 0.327 e. The molecule has 0 saturated carbocycles. The van der Waals surface area contributed by atoms with E-state index in [2.05, 4.69) is 0 Å². The maximum Gasteiger partial charge on any atom is 0.148 e. The normalized spacial score (nSPS) is 15.6. The Labute approximate surface area is 79.2 Å². The third-order valence-electron chi connectivity index (χ3n) is 1.38. The first-order valence-corrected chi connectivity index (χ1v) is 7.83. The molecule has 0 saturated heterocycles. The van der Waals surface area contributed by atoms with Crippen LogP contribution in [0.2, 0.25) is 0 Å². The lowest BCUT2D eigenvalue weighted by Gasteiger charge is -2.08. The summed E-state index contributed by atoms with van der Waals surface area (Å²) in [6.07, 6.45) is 2.36. The SMILES string of the molecule is CS(=O)(=O)CCC(N)CS(C)(=O)=O. The van der Waals surface area contributed by atoms with E-state index in [0.717, 1.165) is 12.5 Å². The van der Waals surface area contributed by atoms with E-state index in [0.29, 0.717) is 0 Å². The zero-order chi connectivity index (χ0) is 10.7. The van der Waals surface area contributed by atoms with E-state index in [-0.39, 0.29) is 17.9 Å². The van der Waals surface area contributed by atoms with Crippen LogP contribution in [0.1, 0.15) is 6.42 Å². The van der Waals surface area contributed by atoms with Crippen LogP contribution in [0.25, 0.3) is 0 Å². The van der Waals surface area contributed by atoms with Gasteiger partial charge in [-0.3, -0.25) is 0 Å². The predicted octanol–water partition coefficient (Wildman–Crippen LogP) is -1.21. The van der Waals surface area contributed by atoms with Gasteiger partial charge >= 0.3 is 0 Å². The molecule has 5 nitrogen and oxygen atoms in total. The average molecular weight is 229 g/mol. The van der Waals surface area contributed by atoms with Gasteiger partial charge in [0.2, 0.25) is 0 Å². The van der Waals surface area contributed by atoms with Crippen molar-refractivity contribution in [1.82, 2.24) is 0 Å². The van der Waals surface area contributed by atoms with E-state index in [4.69, 9.17) is 5.73 Å². The molecule has 0 aliphatic carbocycles. The van der Waals surface area contributed by atoms with Crippen molar-refractivity contribution in [2.45, 2.75) is 12.5 Å². The van der Waals surface area contributed by atoms with Crippen LogP contribution in [-0.2, 0) is 19.7 Å². The van der Waals surface area contributed by atoms with Crippen molar-refractivity contribution >= 4 is 19.7 Å². The molecule has 0 aliphatic rings. The summed E-state index contributed by atoms with van der Waals surface area (Å²) >= 11 is 0. The van der Waals surface area contributed by atoms with E-state index in [1.807, 2.05) is 0 Å². The topological polar surface area (TPSA) is 94.3 Å². The lowest BCUT2D eigenvalue weighted by molar-refractivity contribution is 0.580. The van der Waals surface area contributed by atoms with Crippen LogP contribution in [-0.4, -0.2) is 46.9 Å². The molecule has 80 valence electrons. The molecule has 0 aliphatic heterocycles. The molecule has 0 bridgehead atoms. The van der Waals surface area contributed by atoms with E-state index in [9.17, 15) is 16.8 Å². The Morgan fingerprint density at radius 2 is 1.54 bits per heavy atom. The molecule has 0 fully saturated rings. The summed E-state index contributed by atoms with van der Waals surface area (Å²) < 4.78 is 42.9. The van der Waals surface area contributed by atoms with Crippen molar-refractivity contribution in [3.05, 3.63) is 0 Å². The summed E-state index contributed by atoms with van der Waals surface area (Å²) in [7, 11) is -6.16. The smallest absolute Gasteiger partial charge is 0.148 e. The fourth-order valence-electron chi connectivity index (χ4n) is 0.838. The van der Waals surface area contributed by atoms with Crippen LogP contribution >= 0.6 is 0 Å². The van der Waals surface area contributed by atoms with E-state index in [1.54, 1.807) is 0 Å². The van der Waals surface area contributed by atoms with Gasteiger partial charge in [0.1, 0.15) is 19.7 Å². The Morgan fingerprint density at radius 3 is 1.85 bits per heavy atom. The third kappa shape index (κ3) is 9.78. The first kappa shape index (κ1) is 12.9. The van der Waals surface area contributed by atoms with Crippen LogP contribution < -0.4 is 5.73 Å². The number of nitrogens with two attached hydrogens (primary N) is 1. The maximum atomic E-state index is 10.7. The molecule has 0 amide bonds. The fraction of sp³-hybridized carbons (Fsp3) is 1.00. The molecule has 1 atom stereocenters. The first-order chi connectivity index (χ1) is 5.60. The van der Waals surface area contributed by atoms with Crippen molar-refractivity contribution in [3.8, 4) is 0 Å². The second kappa shape index (κ2) is 4.39. The first-order valence-electron chi connectivity index (χ1n) is 3.71. The molecule has 1 unspecified atom stereocenters. The van der Waals surface area contributed by atoms with Gasteiger partial charge in [-0.05, 0) is 6.42 Å². The van der Waals surface area contributed by atoms with Gasteiger partial charge in [0.05, 0.1) is 11.5 Å². The molecule has 2 N–H and O–H groups in total. The predicted molar refractivity (Wildman–Crippen MR) is 52.0 cm³/mol. The molecule has 0 spiro atoms. The highest BCUT2D eigenvalue weighted by molar-refractivity contribution is 7.91. The minimum atomic E-state index is -3.11. The van der Waals surface area contributed by atoms with Gasteiger partial charge in [0, 0.05) is 18.6 Å². The van der Waals surface area contributed by atoms with Gasteiger partial charge in [-0.15, -0.1) is 0 Å². The minimum absolute atomic E-state index is 0.0658. The molecular formula is C6H15NO4S2. The maximum absolute atomic E-state index is 10.7. The van der Waals surface area contributed by atoms with Gasteiger partial charge in [-0.1, -0.05) is 0 Å². The zero-order valence-electron chi connectivity index (χ0n) is 7.73. The Balaban J connectivity index is 3.98. The van der Waals surface area contributed by atoms with Crippen LogP contribution in [0.5, 0.6) is 0 Å². The van der Waals surface area contributed by atoms with Gasteiger partial charge in [-0.2, -0.15) is 0 Å². The zero-order valence-corrected chi connectivity index (χ0v) is 9.36. The highest BCUT2D eigenvalue weighted by Crippen LogP contribution is 1.96. The average Bonchev–Trinajstić information content (AvgIpc) is 1.78. The van der Waals surface area contributed by atoms with Crippen molar-refractivity contribution in [2.75, 3.05) is 24.0 Å². The molecule has 13 heavy (non-hydrogen) atoms. The highest BCUT2D eigenvalue weighted by Gasteiger charge is 2.13. The monoisotopic (exact) mass is 229 g/mol. The molecule has 0 radical (unpaired) electrons. The summed E-state index contributed by atoms with van der Waals surface area (Å²) in [5, 5.41) is 0. The summed E-state index contributed by atoms with van der Waals surface area (Å²) in [5.41, 5.74) is 5.42. The Morgan fingerprint density at radius 1 is 1.08 bits per heavy atom. The van der Waals surface area contributed by atoms with Crippen LogP contribution in [0, 0.1) is 0 Å². The quantitative estimate of drug-likeness (QED) is 0.638. The standard InChI is InChI=1S/C6H15NO4S2/c1-12(8,9)4-3-6(7)5-13(2,10)11/h6H,3-5,7H2,1-2H3.